The van der Waals surface area contributed by atoms with Crippen LogP contribution < -0.4 is 10.6 Å². The highest BCUT2D eigenvalue weighted by molar-refractivity contribution is 7.90. The maximum absolute atomic E-state index is 11.2. The Labute approximate surface area is 120 Å². The van der Waals surface area contributed by atoms with Gasteiger partial charge in [0.05, 0.1) is 16.2 Å². The van der Waals surface area contributed by atoms with E-state index in [2.05, 4.69) is 10.1 Å². The summed E-state index contributed by atoms with van der Waals surface area (Å²) in [6.45, 7) is 0.107. The molecule has 1 heterocycles. The summed E-state index contributed by atoms with van der Waals surface area (Å²) in [5.74, 6) is -0.301. The molecule has 0 fully saturated rings. The number of nitrogens with zero attached hydrogens (tertiary/aromatic N) is 4. The van der Waals surface area contributed by atoms with Crippen LogP contribution in [0.3, 0.4) is 0 Å². The smallest absolute Gasteiger partial charge is 0.288 e. The van der Waals surface area contributed by atoms with Gasteiger partial charge in [-0.2, -0.15) is 0 Å². The predicted octanol–water partition coefficient (Wildman–Crippen LogP) is -0.435. The molecule has 0 unspecified atom stereocenters. The number of oxime groups is 1. The van der Waals surface area contributed by atoms with Crippen LogP contribution in [0.1, 0.15) is 5.56 Å². The first kappa shape index (κ1) is 16.6. The van der Waals surface area contributed by atoms with Crippen LogP contribution in [0, 0.1) is 10.1 Å². The van der Waals surface area contributed by atoms with Crippen LogP contribution >= 0.6 is 0 Å². The van der Waals surface area contributed by atoms with Crippen molar-refractivity contribution < 1.29 is 18.5 Å². The van der Waals surface area contributed by atoms with Crippen LogP contribution in [0.15, 0.2) is 17.4 Å². The molecule has 116 valence electrons. The Balaban J connectivity index is 3.19. The fourth-order valence-corrected chi connectivity index (χ4v) is 2.11. The minimum atomic E-state index is -3.18. The van der Waals surface area contributed by atoms with Gasteiger partial charge >= 0.3 is 0 Å². The van der Waals surface area contributed by atoms with E-state index < -0.39 is 14.8 Å². The standard InChI is InChI=1S/C10H15N5O5S/c1-14(3-4-21(2,19)20)10-8(9(11)13-16)5-7(6-12-10)15(17)18/h5-6,16H,3-4H2,1-2H3,(H2,11,13). The van der Waals surface area contributed by atoms with Crippen LogP contribution in [-0.4, -0.2) is 55.0 Å². The molecule has 10 nitrogen and oxygen atoms in total. The van der Waals surface area contributed by atoms with E-state index in [1.807, 2.05) is 0 Å². The Hall–Kier alpha value is -2.43. The summed E-state index contributed by atoms with van der Waals surface area (Å²) >= 11 is 0. The molecule has 0 radical (unpaired) electrons. The number of amidine groups is 1. The molecule has 0 saturated carbocycles. The van der Waals surface area contributed by atoms with Crippen molar-refractivity contribution in [3.63, 3.8) is 0 Å². The van der Waals surface area contributed by atoms with Crippen LogP contribution in [0.4, 0.5) is 11.5 Å². The number of nitrogens with two attached hydrogens (primary N) is 1. The first-order valence-corrected chi connectivity index (χ1v) is 7.73. The highest BCUT2D eigenvalue weighted by atomic mass is 32.2. The van der Waals surface area contributed by atoms with E-state index in [1.54, 1.807) is 7.05 Å². The zero-order valence-corrected chi connectivity index (χ0v) is 12.2. The van der Waals surface area contributed by atoms with Crippen LogP contribution in [-0.2, 0) is 9.84 Å². The molecule has 21 heavy (non-hydrogen) atoms. The van der Waals surface area contributed by atoms with E-state index in [4.69, 9.17) is 10.9 Å². The summed E-state index contributed by atoms with van der Waals surface area (Å²) in [6, 6.07) is 1.11. The normalized spacial score (nSPS) is 12.2. The van der Waals surface area contributed by atoms with Gasteiger partial charge in [-0.1, -0.05) is 5.16 Å². The zero-order valence-electron chi connectivity index (χ0n) is 11.4. The largest absolute Gasteiger partial charge is 0.409 e. The number of hydrogen-bond acceptors (Lipinski definition) is 8. The molecule has 0 aliphatic heterocycles. The van der Waals surface area contributed by atoms with Crippen LogP contribution in [0.25, 0.3) is 0 Å². The molecule has 0 spiro atoms. The lowest BCUT2D eigenvalue weighted by atomic mass is 10.2. The van der Waals surface area contributed by atoms with Crippen molar-refractivity contribution in [1.82, 2.24) is 4.98 Å². The number of sulfone groups is 1. The van der Waals surface area contributed by atoms with Gasteiger partial charge in [-0.15, -0.1) is 0 Å². The molecular formula is C10H15N5O5S. The summed E-state index contributed by atoms with van der Waals surface area (Å²) in [5, 5.41) is 22.3. The first-order valence-electron chi connectivity index (χ1n) is 5.67. The van der Waals surface area contributed by atoms with E-state index in [-0.39, 0.29) is 35.2 Å². The van der Waals surface area contributed by atoms with E-state index in [1.165, 1.54) is 4.90 Å². The number of anilines is 1. The lowest BCUT2D eigenvalue weighted by molar-refractivity contribution is -0.385. The second-order valence-electron chi connectivity index (χ2n) is 4.36. The van der Waals surface area contributed by atoms with Gasteiger partial charge in [-0.25, -0.2) is 13.4 Å². The SMILES string of the molecule is CN(CCS(C)(=O)=O)c1ncc([N+](=O)[O-])cc1C(N)=NO. The number of nitro groups is 1. The van der Waals surface area contributed by atoms with Crippen molar-refractivity contribution in [3.05, 3.63) is 27.9 Å². The van der Waals surface area contributed by atoms with Crippen molar-refractivity contribution in [3.8, 4) is 0 Å². The Kier molecular flexibility index (Phi) is 5.02. The van der Waals surface area contributed by atoms with E-state index >= 15 is 0 Å². The van der Waals surface area contributed by atoms with Crippen LogP contribution in [0.5, 0.6) is 0 Å². The molecule has 0 amide bonds. The van der Waals surface area contributed by atoms with E-state index in [0.29, 0.717) is 0 Å². The van der Waals surface area contributed by atoms with Gasteiger partial charge < -0.3 is 15.8 Å². The van der Waals surface area contributed by atoms with Gasteiger partial charge in [-0.05, 0) is 0 Å². The first-order chi connectivity index (χ1) is 9.65. The van der Waals surface area contributed by atoms with Crippen molar-refractivity contribution >= 4 is 27.2 Å². The summed E-state index contributed by atoms with van der Waals surface area (Å²) in [5.41, 5.74) is 5.20. The van der Waals surface area contributed by atoms with E-state index in [0.717, 1.165) is 18.5 Å². The molecule has 0 bridgehead atoms. The Morgan fingerprint density at radius 3 is 2.71 bits per heavy atom. The molecule has 1 rings (SSSR count). The maximum atomic E-state index is 11.2. The molecule has 1 aromatic rings. The molecule has 0 aromatic carbocycles. The zero-order chi connectivity index (χ0) is 16.2. The minimum Gasteiger partial charge on any atom is -0.409 e. The van der Waals surface area contributed by atoms with Crippen molar-refractivity contribution in [1.29, 1.82) is 0 Å². The monoisotopic (exact) mass is 317 g/mol. The average Bonchev–Trinajstić information content (AvgIpc) is 2.42. The average molecular weight is 317 g/mol. The third kappa shape index (κ3) is 4.56. The molecule has 0 aliphatic rings. The van der Waals surface area contributed by atoms with Crippen molar-refractivity contribution in [2.45, 2.75) is 0 Å². The Bertz CT molecular complexity index is 672. The Morgan fingerprint density at radius 1 is 1.62 bits per heavy atom. The third-order valence-corrected chi connectivity index (χ3v) is 3.53. The molecule has 0 saturated heterocycles. The number of pyridine rings is 1. The van der Waals surface area contributed by atoms with Crippen LogP contribution in [0.2, 0.25) is 0 Å². The predicted molar refractivity (Wildman–Crippen MR) is 76.4 cm³/mol. The molecule has 11 heteroatoms. The number of aromatic nitrogens is 1. The molecule has 0 aliphatic carbocycles. The molecule has 3 N–H and O–H groups in total. The van der Waals surface area contributed by atoms with Gasteiger partial charge in [0.2, 0.25) is 0 Å². The maximum Gasteiger partial charge on any atom is 0.288 e. The molecular weight excluding hydrogens is 302 g/mol. The fourth-order valence-electron chi connectivity index (χ4n) is 1.50. The third-order valence-electron chi connectivity index (χ3n) is 2.61. The topological polar surface area (TPSA) is 152 Å². The second-order valence-corrected chi connectivity index (χ2v) is 6.62. The Morgan fingerprint density at radius 2 is 2.24 bits per heavy atom. The van der Waals surface area contributed by atoms with Crippen molar-refractivity contribution in [2.75, 3.05) is 30.5 Å². The highest BCUT2D eigenvalue weighted by Crippen LogP contribution is 2.21. The molecule has 0 atom stereocenters. The number of hydrogen-bond donors (Lipinski definition) is 2. The summed E-state index contributed by atoms with van der Waals surface area (Å²) in [4.78, 5) is 15.4. The lowest BCUT2D eigenvalue weighted by Crippen LogP contribution is -2.28. The summed E-state index contributed by atoms with van der Waals surface area (Å²) < 4.78 is 22.3. The molecule has 1 aromatic heterocycles. The summed E-state index contributed by atoms with van der Waals surface area (Å²) in [6.07, 6.45) is 2.11. The lowest BCUT2D eigenvalue weighted by Gasteiger charge is -2.20. The summed E-state index contributed by atoms with van der Waals surface area (Å²) in [7, 11) is -1.63. The number of rotatable bonds is 6. The fraction of sp³-hybridized carbons (Fsp3) is 0.400. The van der Waals surface area contributed by atoms with Gasteiger partial charge in [0, 0.05) is 25.9 Å². The van der Waals surface area contributed by atoms with Gasteiger partial charge in [0.1, 0.15) is 21.9 Å². The van der Waals surface area contributed by atoms with Gasteiger partial charge in [0.15, 0.2) is 5.84 Å². The highest BCUT2D eigenvalue weighted by Gasteiger charge is 2.19. The van der Waals surface area contributed by atoms with Gasteiger partial charge in [0.25, 0.3) is 5.69 Å². The second kappa shape index (κ2) is 6.35. The van der Waals surface area contributed by atoms with Gasteiger partial charge in [-0.3, -0.25) is 10.1 Å². The van der Waals surface area contributed by atoms with Crippen molar-refractivity contribution in [2.24, 2.45) is 10.9 Å². The van der Waals surface area contributed by atoms with E-state index in [9.17, 15) is 18.5 Å². The quantitative estimate of drug-likeness (QED) is 0.235. The minimum absolute atomic E-state index is 0.0442.